The fourth-order valence-corrected chi connectivity index (χ4v) is 1.89. The lowest BCUT2D eigenvalue weighted by atomic mass is 9.98. The van der Waals surface area contributed by atoms with Crippen LogP contribution in [-0.4, -0.2) is 30.8 Å². The van der Waals surface area contributed by atoms with Gasteiger partial charge in [0.25, 0.3) is 5.76 Å². The molecule has 3 rings (SSSR count). The van der Waals surface area contributed by atoms with Crippen LogP contribution < -0.4 is 5.73 Å². The Morgan fingerprint density at radius 1 is 1.18 bits per heavy atom. The van der Waals surface area contributed by atoms with Gasteiger partial charge in [-0.3, -0.25) is 5.41 Å². The Morgan fingerprint density at radius 2 is 2.05 bits per heavy atom. The van der Waals surface area contributed by atoms with Crippen LogP contribution in [0.4, 0.5) is 5.95 Å². The molecule has 0 bridgehead atoms. The molecule has 0 radical (unpaired) electrons. The maximum atomic E-state index is 8.21. The van der Waals surface area contributed by atoms with Crippen molar-refractivity contribution in [1.82, 2.24) is 19.9 Å². The van der Waals surface area contributed by atoms with Crippen LogP contribution in [0.1, 0.15) is 11.4 Å². The first-order valence-corrected chi connectivity index (χ1v) is 6.29. The predicted octanol–water partition coefficient (Wildman–Crippen LogP) is 0.405. The fourth-order valence-electron chi connectivity index (χ4n) is 1.89. The minimum absolute atomic E-state index is 0.0643. The van der Waals surface area contributed by atoms with E-state index in [-0.39, 0.29) is 17.4 Å². The highest BCUT2D eigenvalue weighted by molar-refractivity contribution is 6.20. The Kier molecular flexibility index (Phi) is 3.34. The van der Waals surface area contributed by atoms with Gasteiger partial charge < -0.3 is 10.8 Å². The summed E-state index contributed by atoms with van der Waals surface area (Å²) in [6, 6.07) is 3.29. The molecule has 0 unspecified atom stereocenters. The van der Waals surface area contributed by atoms with Crippen LogP contribution in [0.25, 0.3) is 11.3 Å². The molecule has 0 amide bonds. The molecule has 7 nitrogen and oxygen atoms in total. The van der Waals surface area contributed by atoms with Crippen molar-refractivity contribution in [2.75, 3.05) is 5.73 Å². The van der Waals surface area contributed by atoms with E-state index in [0.29, 0.717) is 22.5 Å². The topological polar surface area (TPSA) is 124 Å². The molecule has 2 heterocycles. The number of nitrogen functional groups attached to an aromatic ring is 1. The monoisotopic (exact) mass is 291 g/mol. The van der Waals surface area contributed by atoms with Crippen molar-refractivity contribution in [1.29, 1.82) is 5.41 Å². The van der Waals surface area contributed by atoms with Gasteiger partial charge in [-0.2, -0.15) is 0 Å². The van der Waals surface area contributed by atoms with E-state index < -0.39 is 0 Å². The van der Waals surface area contributed by atoms with Crippen molar-refractivity contribution < 1.29 is 5.11 Å². The highest BCUT2D eigenvalue weighted by Gasteiger charge is 2.20. The highest BCUT2D eigenvalue weighted by Crippen LogP contribution is 2.23. The number of rotatable bonds is 2. The second-order valence-electron chi connectivity index (χ2n) is 4.37. The second kappa shape index (κ2) is 5.46. The first-order chi connectivity index (χ1) is 10.6. The summed E-state index contributed by atoms with van der Waals surface area (Å²) in [7, 11) is 0. The lowest BCUT2D eigenvalue weighted by Gasteiger charge is -2.07. The molecule has 0 saturated carbocycles. The van der Waals surface area contributed by atoms with Crippen LogP contribution in [0.3, 0.4) is 0 Å². The van der Waals surface area contributed by atoms with Gasteiger partial charge in [-0.25, -0.2) is 19.9 Å². The molecule has 2 aromatic rings. The third-order valence-corrected chi connectivity index (χ3v) is 2.94. The average Bonchev–Trinajstić information content (AvgIpc) is 2.55. The summed E-state index contributed by atoms with van der Waals surface area (Å²) in [5.74, 6) is 5.79. The van der Waals surface area contributed by atoms with E-state index in [1.165, 1.54) is 12.5 Å². The van der Waals surface area contributed by atoms with Crippen molar-refractivity contribution >= 4 is 23.0 Å². The number of hydrogen-bond acceptors (Lipinski definition) is 6. The van der Waals surface area contributed by atoms with Crippen molar-refractivity contribution in [3.8, 4) is 11.8 Å². The van der Waals surface area contributed by atoms with Crippen molar-refractivity contribution in [3.05, 3.63) is 53.9 Å². The molecule has 22 heavy (non-hydrogen) atoms. The Labute approximate surface area is 125 Å². The Balaban J connectivity index is 2.10. The Bertz CT molecular complexity index is 874. The fraction of sp³-hybridized carbons (Fsp3) is 0. The molecule has 1 aliphatic rings. The van der Waals surface area contributed by atoms with Crippen LogP contribution in [0.5, 0.6) is 0 Å². The number of nitrogens with two attached hydrogens (primary N) is 1. The van der Waals surface area contributed by atoms with Crippen LogP contribution in [-0.2, 0) is 0 Å². The number of anilines is 1. The van der Waals surface area contributed by atoms with E-state index >= 15 is 0 Å². The summed E-state index contributed by atoms with van der Waals surface area (Å²) in [6.07, 6.45) is 6.09. The lowest BCUT2D eigenvalue weighted by Crippen LogP contribution is -2.06. The van der Waals surface area contributed by atoms with E-state index in [4.69, 9.17) is 16.2 Å². The largest absolute Gasteiger partial charge is 0.591 e. The number of aromatic nitrogens is 4. The van der Waals surface area contributed by atoms with Gasteiger partial charge in [0, 0.05) is 12.4 Å². The second-order valence-corrected chi connectivity index (χ2v) is 4.37. The molecule has 1 aliphatic carbocycles. The summed E-state index contributed by atoms with van der Waals surface area (Å²) in [5.41, 5.74) is 7.58. The smallest absolute Gasteiger partial charge is 0.290 e. The van der Waals surface area contributed by atoms with Crippen LogP contribution in [0.15, 0.2) is 42.5 Å². The van der Waals surface area contributed by atoms with Gasteiger partial charge in [-0.05, 0) is 24.1 Å². The number of nitrogens with one attached hydrogen (secondary N) is 1. The van der Waals surface area contributed by atoms with Crippen molar-refractivity contribution in [2.45, 2.75) is 0 Å². The van der Waals surface area contributed by atoms with Gasteiger partial charge in [-0.15, -0.1) is 0 Å². The third kappa shape index (κ3) is 2.53. The summed E-state index contributed by atoms with van der Waals surface area (Å²) < 4.78 is 0. The van der Waals surface area contributed by atoms with E-state index in [2.05, 4.69) is 31.8 Å². The zero-order valence-electron chi connectivity index (χ0n) is 11.3. The van der Waals surface area contributed by atoms with Gasteiger partial charge >= 0.3 is 0 Å². The molecule has 2 aromatic heterocycles. The zero-order valence-corrected chi connectivity index (χ0v) is 11.3. The SMILES string of the molecule is N=C1C#CC(c2ccnc(N)n2)=C/C1=C(/[OH2+])c1ccncn1. The molecule has 0 fully saturated rings. The lowest BCUT2D eigenvalue weighted by molar-refractivity contribution is 0.506. The molecule has 0 aliphatic heterocycles. The zero-order chi connectivity index (χ0) is 15.5. The first kappa shape index (κ1) is 13.5. The molecule has 5 N–H and O–H groups in total. The molecular weight excluding hydrogens is 280 g/mol. The predicted molar refractivity (Wildman–Crippen MR) is 82.5 cm³/mol. The molecule has 0 spiro atoms. The van der Waals surface area contributed by atoms with Gasteiger partial charge in [0.15, 0.2) is 5.69 Å². The van der Waals surface area contributed by atoms with Crippen LogP contribution >= 0.6 is 0 Å². The summed E-state index contributed by atoms with van der Waals surface area (Å²) in [6.45, 7) is 0. The average molecular weight is 291 g/mol. The first-order valence-electron chi connectivity index (χ1n) is 6.29. The molecule has 0 saturated heterocycles. The highest BCUT2D eigenvalue weighted by atomic mass is 16.3. The summed E-state index contributed by atoms with van der Waals surface area (Å²) in [4.78, 5) is 15.8. The molecule has 106 valence electrons. The summed E-state index contributed by atoms with van der Waals surface area (Å²) in [5, 5.41) is 16.1. The number of hydrogen-bond donors (Lipinski definition) is 2. The molecule has 0 atom stereocenters. The quantitative estimate of drug-likeness (QED) is 0.471. The number of nitrogens with zero attached hydrogens (tertiary/aromatic N) is 4. The van der Waals surface area contributed by atoms with E-state index in [1.54, 1.807) is 24.4 Å². The summed E-state index contributed by atoms with van der Waals surface area (Å²) >= 11 is 0. The maximum absolute atomic E-state index is 8.21. The van der Waals surface area contributed by atoms with E-state index in [0.717, 1.165) is 0 Å². The Hall–Kier alpha value is -3.53. The normalized spacial score (nSPS) is 15.6. The minimum Gasteiger partial charge on any atom is -0.591 e. The van der Waals surface area contributed by atoms with Crippen LogP contribution in [0, 0.1) is 17.3 Å². The van der Waals surface area contributed by atoms with Crippen LogP contribution in [0.2, 0.25) is 0 Å². The number of allylic oxidation sites excluding steroid dienone is 3. The van der Waals surface area contributed by atoms with Gasteiger partial charge in [-0.1, -0.05) is 5.92 Å². The molecular formula is C15H11N6O+. The van der Waals surface area contributed by atoms with Crippen molar-refractivity contribution in [2.24, 2.45) is 0 Å². The van der Waals surface area contributed by atoms with E-state index in [1.807, 2.05) is 0 Å². The third-order valence-electron chi connectivity index (χ3n) is 2.94. The van der Waals surface area contributed by atoms with Gasteiger partial charge in [0.1, 0.15) is 17.6 Å². The van der Waals surface area contributed by atoms with E-state index in [9.17, 15) is 0 Å². The standard InChI is InChI=1S/C15H10N6O/c16-11-2-1-9(12-4-6-19-15(17)21-12)7-10(11)14(22)13-3-5-18-8-20-13/h3-8,16,22H,(H2,17,19,21)/p+1/b14-10-,16-11?. The molecule has 7 heteroatoms. The molecule has 0 aromatic carbocycles. The Morgan fingerprint density at radius 3 is 2.77 bits per heavy atom. The van der Waals surface area contributed by atoms with Crippen molar-refractivity contribution in [3.63, 3.8) is 0 Å². The minimum atomic E-state index is 0.0643. The maximum Gasteiger partial charge on any atom is 0.290 e. The van der Waals surface area contributed by atoms with Gasteiger partial charge in [0.2, 0.25) is 5.95 Å². The van der Waals surface area contributed by atoms with Gasteiger partial charge in [0.05, 0.1) is 11.3 Å².